The van der Waals surface area contributed by atoms with Gasteiger partial charge in [0.1, 0.15) is 0 Å². The van der Waals surface area contributed by atoms with Crippen LogP contribution in [0.1, 0.15) is 57.0 Å². The number of hydrogen-bond acceptors (Lipinski definition) is 3. The van der Waals surface area contributed by atoms with E-state index in [1.165, 1.54) is 24.8 Å². The van der Waals surface area contributed by atoms with Gasteiger partial charge in [-0.25, -0.2) is 0 Å². The van der Waals surface area contributed by atoms with E-state index in [1.54, 1.807) is 0 Å². The van der Waals surface area contributed by atoms with Crippen molar-refractivity contribution in [1.82, 2.24) is 20.0 Å². The highest BCUT2D eigenvalue weighted by atomic mass is 16.1. The molecule has 2 heterocycles. The fraction of sp³-hybridized carbons (Fsp3) is 0.789. The van der Waals surface area contributed by atoms with E-state index in [-0.39, 0.29) is 17.4 Å². The number of piperidine rings is 1. The number of aromatic nitrogens is 2. The summed E-state index contributed by atoms with van der Waals surface area (Å²) in [4.78, 5) is 15.1. The van der Waals surface area contributed by atoms with Gasteiger partial charge in [0.05, 0.1) is 5.69 Å². The highest BCUT2D eigenvalue weighted by molar-refractivity contribution is 5.78. The summed E-state index contributed by atoms with van der Waals surface area (Å²) < 4.78 is 1.90. The summed E-state index contributed by atoms with van der Waals surface area (Å²) in [5.41, 5.74) is 3.41. The van der Waals surface area contributed by atoms with Gasteiger partial charge in [0.2, 0.25) is 5.91 Å². The van der Waals surface area contributed by atoms with Gasteiger partial charge in [0.15, 0.2) is 0 Å². The second-order valence-electron chi connectivity index (χ2n) is 7.96. The zero-order valence-electron chi connectivity index (χ0n) is 16.3. The Morgan fingerprint density at radius 3 is 2.42 bits per heavy atom. The van der Waals surface area contributed by atoms with Crippen LogP contribution < -0.4 is 5.32 Å². The SMILES string of the molecule is Cc1nn(C)c(C)c1C[C@H](C)C(=O)NCC(C)(C)N1CCCCC1. The number of likely N-dealkylation sites (tertiary alicyclic amines) is 1. The second-order valence-corrected chi connectivity index (χ2v) is 7.96. The molecule has 0 unspecified atom stereocenters. The van der Waals surface area contributed by atoms with Crippen LogP contribution in [0, 0.1) is 19.8 Å². The van der Waals surface area contributed by atoms with Crippen molar-refractivity contribution in [3.05, 3.63) is 17.0 Å². The third kappa shape index (κ3) is 4.38. The van der Waals surface area contributed by atoms with Crippen molar-refractivity contribution >= 4 is 5.91 Å². The Labute approximate surface area is 146 Å². The molecule has 0 radical (unpaired) electrons. The van der Waals surface area contributed by atoms with Crippen molar-refractivity contribution in [2.45, 2.75) is 65.8 Å². The molecule has 1 amide bonds. The van der Waals surface area contributed by atoms with Gasteiger partial charge in [-0.2, -0.15) is 5.10 Å². The Morgan fingerprint density at radius 1 is 1.25 bits per heavy atom. The Bertz CT molecular complexity index is 570. The molecule has 1 saturated heterocycles. The Balaban J connectivity index is 1.89. The van der Waals surface area contributed by atoms with Crippen molar-refractivity contribution in [3.63, 3.8) is 0 Å². The maximum absolute atomic E-state index is 12.5. The number of nitrogens with one attached hydrogen (secondary N) is 1. The zero-order valence-corrected chi connectivity index (χ0v) is 16.3. The van der Waals surface area contributed by atoms with Crippen LogP contribution in [0.15, 0.2) is 0 Å². The molecule has 1 aliphatic heterocycles. The first-order chi connectivity index (χ1) is 11.2. The minimum absolute atomic E-state index is 0.0237. The summed E-state index contributed by atoms with van der Waals surface area (Å²) in [7, 11) is 1.96. The molecule has 0 aliphatic carbocycles. The van der Waals surface area contributed by atoms with Gasteiger partial charge in [-0.1, -0.05) is 13.3 Å². The van der Waals surface area contributed by atoms with Crippen LogP contribution in [0.25, 0.3) is 0 Å². The minimum Gasteiger partial charge on any atom is -0.354 e. The number of rotatable bonds is 6. The van der Waals surface area contributed by atoms with Crippen molar-refractivity contribution in [3.8, 4) is 0 Å². The molecule has 2 rings (SSSR count). The summed E-state index contributed by atoms with van der Waals surface area (Å²) in [6.07, 6.45) is 4.63. The highest BCUT2D eigenvalue weighted by Gasteiger charge is 2.29. The first-order valence-corrected chi connectivity index (χ1v) is 9.24. The van der Waals surface area contributed by atoms with E-state index in [1.807, 2.05) is 25.6 Å². The summed E-state index contributed by atoms with van der Waals surface area (Å²) in [6.45, 7) is 13.6. The first-order valence-electron chi connectivity index (χ1n) is 9.24. The Kier molecular flexibility index (Phi) is 6.07. The van der Waals surface area contributed by atoms with Crippen molar-refractivity contribution < 1.29 is 4.79 Å². The van der Waals surface area contributed by atoms with Crippen LogP contribution in [-0.2, 0) is 18.3 Å². The smallest absolute Gasteiger partial charge is 0.223 e. The molecular formula is C19H34N4O. The van der Waals surface area contributed by atoms with Gasteiger partial charge >= 0.3 is 0 Å². The lowest BCUT2D eigenvalue weighted by Gasteiger charge is -2.41. The molecular weight excluding hydrogens is 300 g/mol. The van der Waals surface area contributed by atoms with Gasteiger partial charge < -0.3 is 5.32 Å². The summed E-state index contributed by atoms with van der Waals surface area (Å²) in [5, 5.41) is 7.63. The van der Waals surface area contributed by atoms with Crippen LogP contribution >= 0.6 is 0 Å². The summed E-state index contributed by atoms with van der Waals surface area (Å²) >= 11 is 0. The van der Waals surface area contributed by atoms with Crippen LogP contribution in [0.2, 0.25) is 0 Å². The predicted molar refractivity (Wildman–Crippen MR) is 98.1 cm³/mol. The molecule has 5 heteroatoms. The molecule has 1 N–H and O–H groups in total. The predicted octanol–water partition coefficient (Wildman–Crippen LogP) is 2.60. The fourth-order valence-electron chi connectivity index (χ4n) is 3.60. The number of hydrogen-bond donors (Lipinski definition) is 1. The summed E-state index contributed by atoms with van der Waals surface area (Å²) in [5.74, 6) is 0.103. The van der Waals surface area contributed by atoms with Gasteiger partial charge in [-0.3, -0.25) is 14.4 Å². The van der Waals surface area contributed by atoms with E-state index in [0.29, 0.717) is 6.54 Å². The van der Waals surface area contributed by atoms with Gasteiger partial charge in [0.25, 0.3) is 0 Å². The molecule has 1 aromatic heterocycles. The van der Waals surface area contributed by atoms with Crippen molar-refractivity contribution in [1.29, 1.82) is 0 Å². The molecule has 0 bridgehead atoms. The lowest BCUT2D eigenvalue weighted by atomic mass is 9.96. The standard InChI is InChI=1S/C19H34N4O/c1-14(12-17-15(2)21-22(6)16(17)3)18(24)20-13-19(4,5)23-10-8-7-9-11-23/h14H,7-13H2,1-6H3,(H,20,24)/t14-/m0/s1. The largest absolute Gasteiger partial charge is 0.354 e. The van der Waals surface area contributed by atoms with E-state index >= 15 is 0 Å². The molecule has 1 atom stereocenters. The van der Waals surface area contributed by atoms with Gasteiger partial charge in [0, 0.05) is 30.7 Å². The normalized spacial score (nSPS) is 17.8. The topological polar surface area (TPSA) is 50.2 Å². The van der Waals surface area contributed by atoms with Gasteiger partial charge in [-0.15, -0.1) is 0 Å². The van der Waals surface area contributed by atoms with Gasteiger partial charge in [-0.05, 0) is 65.6 Å². The first kappa shape index (κ1) is 19.0. The molecule has 24 heavy (non-hydrogen) atoms. The molecule has 5 nitrogen and oxygen atoms in total. The second kappa shape index (κ2) is 7.68. The highest BCUT2D eigenvalue weighted by Crippen LogP contribution is 2.21. The van der Waals surface area contributed by atoms with E-state index in [4.69, 9.17) is 0 Å². The summed E-state index contributed by atoms with van der Waals surface area (Å²) in [6, 6.07) is 0. The van der Waals surface area contributed by atoms with Crippen molar-refractivity contribution in [2.75, 3.05) is 19.6 Å². The number of carbonyl (C=O) groups is 1. The minimum atomic E-state index is -0.0382. The van der Waals surface area contributed by atoms with E-state index in [9.17, 15) is 4.79 Å². The average Bonchev–Trinajstić information content (AvgIpc) is 2.79. The van der Waals surface area contributed by atoms with Crippen molar-refractivity contribution in [2.24, 2.45) is 13.0 Å². The van der Waals surface area contributed by atoms with E-state index in [0.717, 1.165) is 30.9 Å². The molecule has 1 aromatic rings. The molecule has 1 aliphatic rings. The third-order valence-electron chi connectivity index (χ3n) is 5.52. The van der Waals surface area contributed by atoms with Crippen LogP contribution in [-0.4, -0.2) is 45.8 Å². The van der Waals surface area contributed by atoms with Crippen LogP contribution in [0.5, 0.6) is 0 Å². The molecule has 0 saturated carbocycles. The maximum Gasteiger partial charge on any atom is 0.223 e. The quantitative estimate of drug-likeness (QED) is 0.870. The lowest BCUT2D eigenvalue weighted by molar-refractivity contribution is -0.125. The molecule has 0 spiro atoms. The van der Waals surface area contributed by atoms with E-state index in [2.05, 4.69) is 36.1 Å². The number of nitrogens with zero attached hydrogens (tertiary/aromatic N) is 3. The third-order valence-corrected chi connectivity index (χ3v) is 5.52. The fourth-order valence-corrected chi connectivity index (χ4v) is 3.60. The number of amides is 1. The Morgan fingerprint density at radius 2 is 1.88 bits per heavy atom. The van der Waals surface area contributed by atoms with E-state index < -0.39 is 0 Å². The molecule has 136 valence electrons. The molecule has 0 aromatic carbocycles. The number of carbonyl (C=O) groups excluding carboxylic acids is 1. The monoisotopic (exact) mass is 334 g/mol. The van der Waals surface area contributed by atoms with Crippen LogP contribution in [0.4, 0.5) is 0 Å². The number of aryl methyl sites for hydroxylation is 2. The maximum atomic E-state index is 12.5. The lowest BCUT2D eigenvalue weighted by Crippen LogP contribution is -2.53. The average molecular weight is 335 g/mol. The molecule has 1 fully saturated rings. The Hall–Kier alpha value is -1.36. The van der Waals surface area contributed by atoms with Crippen LogP contribution in [0.3, 0.4) is 0 Å². The zero-order chi connectivity index (χ0) is 17.9.